The van der Waals surface area contributed by atoms with Gasteiger partial charge < -0.3 is 10.7 Å². The summed E-state index contributed by atoms with van der Waals surface area (Å²) in [6.45, 7) is 0. The van der Waals surface area contributed by atoms with Crippen molar-refractivity contribution in [1.29, 1.82) is 0 Å². The van der Waals surface area contributed by atoms with Gasteiger partial charge >= 0.3 is 0 Å². The fraction of sp³-hybridized carbons (Fsp3) is 0.0909. The van der Waals surface area contributed by atoms with Crippen LogP contribution < -0.4 is 5.73 Å². The summed E-state index contributed by atoms with van der Waals surface area (Å²) in [5.74, 6) is 0.565. The molecule has 0 saturated heterocycles. The SMILES string of the molecule is Nc1[nH]c(=S)ncc1Cc1ccc(Cl)cc1. The maximum atomic E-state index is 5.81. The van der Waals surface area contributed by atoms with Gasteiger partial charge in [0.2, 0.25) is 0 Å². The maximum absolute atomic E-state index is 5.81. The van der Waals surface area contributed by atoms with Crippen molar-refractivity contribution in [3.8, 4) is 0 Å². The molecule has 0 aliphatic heterocycles. The van der Waals surface area contributed by atoms with E-state index in [9.17, 15) is 0 Å². The van der Waals surface area contributed by atoms with E-state index in [-0.39, 0.29) is 0 Å². The Kier molecular flexibility index (Phi) is 3.22. The molecular formula is C11H10ClN3S. The smallest absolute Gasteiger partial charge is 0.198 e. The molecule has 82 valence electrons. The van der Waals surface area contributed by atoms with Gasteiger partial charge in [0.25, 0.3) is 0 Å². The molecule has 5 heteroatoms. The zero-order valence-corrected chi connectivity index (χ0v) is 9.98. The van der Waals surface area contributed by atoms with Crippen LogP contribution in [0.3, 0.4) is 0 Å². The van der Waals surface area contributed by atoms with Crippen LogP contribution in [0.5, 0.6) is 0 Å². The monoisotopic (exact) mass is 251 g/mol. The Morgan fingerprint density at radius 3 is 2.62 bits per heavy atom. The van der Waals surface area contributed by atoms with E-state index < -0.39 is 0 Å². The normalized spacial score (nSPS) is 10.3. The number of aromatic nitrogens is 2. The van der Waals surface area contributed by atoms with Crippen LogP contribution in [0.4, 0.5) is 5.82 Å². The first-order valence-corrected chi connectivity index (χ1v) is 5.52. The lowest BCUT2D eigenvalue weighted by Gasteiger charge is -2.04. The largest absolute Gasteiger partial charge is 0.385 e. The van der Waals surface area contributed by atoms with Crippen molar-refractivity contribution in [1.82, 2.24) is 9.97 Å². The first kappa shape index (κ1) is 11.1. The van der Waals surface area contributed by atoms with Gasteiger partial charge in [0.05, 0.1) is 0 Å². The first-order chi connectivity index (χ1) is 7.65. The Balaban J connectivity index is 2.27. The number of nitrogens with zero attached hydrogens (tertiary/aromatic N) is 1. The van der Waals surface area contributed by atoms with Crippen molar-refractivity contribution in [3.63, 3.8) is 0 Å². The van der Waals surface area contributed by atoms with E-state index in [2.05, 4.69) is 9.97 Å². The second-order valence-electron chi connectivity index (χ2n) is 3.43. The van der Waals surface area contributed by atoms with Crippen molar-refractivity contribution in [2.24, 2.45) is 0 Å². The van der Waals surface area contributed by atoms with Gasteiger partial charge in [-0.3, -0.25) is 0 Å². The zero-order chi connectivity index (χ0) is 11.5. The molecule has 16 heavy (non-hydrogen) atoms. The molecule has 2 aromatic rings. The standard InChI is InChI=1S/C11H10ClN3S/c12-9-3-1-7(2-4-9)5-8-6-14-11(16)15-10(8)13/h1-4,6H,5H2,(H3,13,14,15,16). The summed E-state index contributed by atoms with van der Waals surface area (Å²) in [6.07, 6.45) is 2.41. The number of anilines is 1. The molecule has 0 bridgehead atoms. The minimum atomic E-state index is 0.400. The highest BCUT2D eigenvalue weighted by atomic mass is 35.5. The van der Waals surface area contributed by atoms with Crippen molar-refractivity contribution < 1.29 is 0 Å². The average Bonchev–Trinajstić information content (AvgIpc) is 2.25. The van der Waals surface area contributed by atoms with Crippen molar-refractivity contribution in [2.45, 2.75) is 6.42 Å². The minimum absolute atomic E-state index is 0.400. The van der Waals surface area contributed by atoms with E-state index >= 15 is 0 Å². The van der Waals surface area contributed by atoms with Gasteiger partial charge in [-0.2, -0.15) is 0 Å². The van der Waals surface area contributed by atoms with E-state index in [1.165, 1.54) is 0 Å². The number of rotatable bonds is 2. The molecular weight excluding hydrogens is 242 g/mol. The Morgan fingerprint density at radius 1 is 1.31 bits per heavy atom. The molecule has 0 spiro atoms. The van der Waals surface area contributed by atoms with Gasteiger partial charge in [-0.25, -0.2) is 4.98 Å². The summed E-state index contributed by atoms with van der Waals surface area (Å²) in [4.78, 5) is 6.83. The highest BCUT2D eigenvalue weighted by Crippen LogP contribution is 2.15. The summed E-state index contributed by atoms with van der Waals surface area (Å²) >= 11 is 10.7. The highest BCUT2D eigenvalue weighted by molar-refractivity contribution is 7.71. The predicted molar refractivity (Wildman–Crippen MR) is 68.1 cm³/mol. The molecule has 0 radical (unpaired) electrons. The molecule has 0 unspecified atom stereocenters. The number of nitrogens with two attached hydrogens (primary N) is 1. The van der Waals surface area contributed by atoms with Gasteiger partial charge in [0.1, 0.15) is 5.82 Å². The van der Waals surface area contributed by atoms with E-state index in [0.717, 1.165) is 16.1 Å². The fourth-order valence-electron chi connectivity index (χ4n) is 1.40. The minimum Gasteiger partial charge on any atom is -0.385 e. The van der Waals surface area contributed by atoms with Gasteiger partial charge in [-0.15, -0.1) is 0 Å². The molecule has 3 nitrogen and oxygen atoms in total. The molecule has 1 aromatic carbocycles. The van der Waals surface area contributed by atoms with Crippen LogP contribution in [-0.2, 0) is 6.42 Å². The zero-order valence-electron chi connectivity index (χ0n) is 8.40. The molecule has 0 aliphatic rings. The number of benzene rings is 1. The number of hydrogen-bond acceptors (Lipinski definition) is 3. The molecule has 0 saturated carbocycles. The Hall–Kier alpha value is -1.39. The predicted octanol–water partition coefficient (Wildman–Crippen LogP) is 2.97. The van der Waals surface area contributed by atoms with Gasteiger partial charge in [0.15, 0.2) is 4.77 Å². The lowest BCUT2D eigenvalue weighted by Crippen LogP contribution is -2.00. The number of aromatic amines is 1. The summed E-state index contributed by atoms with van der Waals surface area (Å²) in [5, 5.41) is 0.724. The first-order valence-electron chi connectivity index (χ1n) is 4.73. The van der Waals surface area contributed by atoms with E-state index in [0.29, 0.717) is 17.0 Å². The van der Waals surface area contributed by atoms with Crippen LogP contribution in [0.25, 0.3) is 0 Å². The molecule has 1 aromatic heterocycles. The summed E-state index contributed by atoms with van der Waals surface area (Å²) in [5.41, 5.74) is 7.87. The maximum Gasteiger partial charge on any atom is 0.198 e. The van der Waals surface area contributed by atoms with E-state index in [4.69, 9.17) is 29.6 Å². The number of H-pyrrole nitrogens is 1. The Bertz CT molecular complexity index is 548. The molecule has 0 aliphatic carbocycles. The average molecular weight is 252 g/mol. The lowest BCUT2D eigenvalue weighted by atomic mass is 10.1. The number of halogens is 1. The quantitative estimate of drug-likeness (QED) is 0.807. The van der Waals surface area contributed by atoms with E-state index in [1.807, 2.05) is 24.3 Å². The molecule has 0 fully saturated rings. The number of nitrogens with one attached hydrogen (secondary N) is 1. The van der Waals surface area contributed by atoms with Crippen molar-refractivity contribution >= 4 is 29.6 Å². The molecule has 1 heterocycles. The molecule has 3 N–H and O–H groups in total. The van der Waals surface area contributed by atoms with Crippen molar-refractivity contribution in [3.05, 3.63) is 51.4 Å². The summed E-state index contributed by atoms with van der Waals surface area (Å²) in [6, 6.07) is 7.63. The van der Waals surface area contributed by atoms with Gasteiger partial charge in [-0.05, 0) is 29.9 Å². The molecule has 2 rings (SSSR count). The Morgan fingerprint density at radius 2 is 2.00 bits per heavy atom. The summed E-state index contributed by atoms with van der Waals surface area (Å²) in [7, 11) is 0. The van der Waals surface area contributed by atoms with Crippen LogP contribution in [0.15, 0.2) is 30.5 Å². The van der Waals surface area contributed by atoms with Gasteiger partial charge in [0, 0.05) is 23.2 Å². The third-order valence-corrected chi connectivity index (χ3v) is 2.69. The van der Waals surface area contributed by atoms with Crippen molar-refractivity contribution in [2.75, 3.05) is 5.73 Å². The second-order valence-corrected chi connectivity index (χ2v) is 4.25. The third-order valence-electron chi connectivity index (χ3n) is 2.23. The second kappa shape index (κ2) is 4.63. The fourth-order valence-corrected chi connectivity index (χ4v) is 1.69. The van der Waals surface area contributed by atoms with Crippen LogP contribution >= 0.6 is 23.8 Å². The van der Waals surface area contributed by atoms with E-state index in [1.54, 1.807) is 6.20 Å². The molecule has 0 amide bonds. The third kappa shape index (κ3) is 2.59. The van der Waals surface area contributed by atoms with Gasteiger partial charge in [-0.1, -0.05) is 23.7 Å². The summed E-state index contributed by atoms with van der Waals surface area (Å²) < 4.78 is 0.400. The lowest BCUT2D eigenvalue weighted by molar-refractivity contribution is 1.06. The molecule has 0 atom stereocenters. The van der Waals surface area contributed by atoms with Crippen LogP contribution in [-0.4, -0.2) is 9.97 Å². The van der Waals surface area contributed by atoms with Crippen LogP contribution in [0.1, 0.15) is 11.1 Å². The topological polar surface area (TPSA) is 54.7 Å². The van der Waals surface area contributed by atoms with Crippen LogP contribution in [0, 0.1) is 4.77 Å². The Labute approximate surface area is 103 Å². The number of nitrogen functional groups attached to an aromatic ring is 1. The van der Waals surface area contributed by atoms with Crippen LogP contribution in [0.2, 0.25) is 5.02 Å². The highest BCUT2D eigenvalue weighted by Gasteiger charge is 2.01. The number of hydrogen-bond donors (Lipinski definition) is 2.